The van der Waals surface area contributed by atoms with Crippen LogP contribution in [0.4, 0.5) is 0 Å². The Labute approximate surface area is 163 Å². The van der Waals surface area contributed by atoms with Gasteiger partial charge in [-0.25, -0.2) is 0 Å². The third kappa shape index (κ3) is 3.77. The van der Waals surface area contributed by atoms with E-state index in [1.54, 1.807) is 11.8 Å². The fourth-order valence-corrected chi connectivity index (χ4v) is 5.18. The third-order valence-electron chi connectivity index (χ3n) is 5.66. The van der Waals surface area contributed by atoms with E-state index in [1.165, 1.54) is 19.3 Å². The molecule has 1 atom stereocenters. The molecule has 0 unspecified atom stereocenters. The number of aryl methyl sites for hydroxylation is 3. The predicted octanol–water partition coefficient (Wildman–Crippen LogP) is 3.21. The molecule has 4 heterocycles. The molecule has 2 aromatic rings. The molecule has 27 heavy (non-hydrogen) atoms. The lowest BCUT2D eigenvalue weighted by atomic mass is 10.2. The number of hydrogen-bond donors (Lipinski definition) is 0. The standard InChI is InChI=1S/C19H27N5O2S/c1-13-15(14(2)26-22-13)11-27-12-18(25)23-10-6-7-16(23)19-21-20-17-8-4-3-5-9-24(17)19/h16H,3-12H2,1-2H3/t16-/m1/s1. The number of nitrogens with zero attached hydrogens (tertiary/aromatic N) is 5. The lowest BCUT2D eigenvalue weighted by Gasteiger charge is -2.24. The molecular formula is C19H27N5O2S. The van der Waals surface area contributed by atoms with E-state index >= 15 is 0 Å². The summed E-state index contributed by atoms with van der Waals surface area (Å²) in [5.74, 6) is 4.36. The third-order valence-corrected chi connectivity index (χ3v) is 6.61. The molecule has 146 valence electrons. The van der Waals surface area contributed by atoms with Gasteiger partial charge in [-0.05, 0) is 39.5 Å². The minimum atomic E-state index is 0.0801. The van der Waals surface area contributed by atoms with Crippen LogP contribution in [0.15, 0.2) is 4.52 Å². The Hall–Kier alpha value is -1.83. The van der Waals surface area contributed by atoms with Crippen molar-refractivity contribution in [3.8, 4) is 0 Å². The number of rotatable bonds is 5. The number of amides is 1. The zero-order valence-corrected chi connectivity index (χ0v) is 16.9. The van der Waals surface area contributed by atoms with Gasteiger partial charge in [0, 0.05) is 30.8 Å². The fraction of sp³-hybridized carbons (Fsp3) is 0.684. The number of fused-ring (bicyclic) bond motifs is 1. The highest BCUT2D eigenvalue weighted by Gasteiger charge is 2.34. The van der Waals surface area contributed by atoms with Crippen molar-refractivity contribution in [3.63, 3.8) is 0 Å². The predicted molar refractivity (Wildman–Crippen MR) is 103 cm³/mol. The van der Waals surface area contributed by atoms with Gasteiger partial charge in [0.25, 0.3) is 0 Å². The van der Waals surface area contributed by atoms with Crippen molar-refractivity contribution in [1.82, 2.24) is 24.8 Å². The highest BCUT2D eigenvalue weighted by atomic mass is 32.2. The van der Waals surface area contributed by atoms with Crippen molar-refractivity contribution < 1.29 is 9.32 Å². The number of carbonyl (C=O) groups is 1. The van der Waals surface area contributed by atoms with E-state index < -0.39 is 0 Å². The summed E-state index contributed by atoms with van der Waals surface area (Å²) in [4.78, 5) is 14.9. The van der Waals surface area contributed by atoms with E-state index in [0.29, 0.717) is 5.75 Å². The van der Waals surface area contributed by atoms with Crippen LogP contribution >= 0.6 is 11.8 Å². The average molecular weight is 390 g/mol. The summed E-state index contributed by atoms with van der Waals surface area (Å²) in [7, 11) is 0. The summed E-state index contributed by atoms with van der Waals surface area (Å²) >= 11 is 1.63. The van der Waals surface area contributed by atoms with E-state index in [-0.39, 0.29) is 11.9 Å². The Bertz CT molecular complexity index is 796. The molecule has 4 rings (SSSR count). The second-order valence-corrected chi connectivity index (χ2v) is 8.46. The van der Waals surface area contributed by atoms with Crippen LogP contribution < -0.4 is 0 Å². The molecule has 1 amide bonds. The molecule has 2 aromatic heterocycles. The Morgan fingerprint density at radius 3 is 2.89 bits per heavy atom. The van der Waals surface area contributed by atoms with E-state index in [4.69, 9.17) is 4.52 Å². The summed E-state index contributed by atoms with van der Waals surface area (Å²) in [6, 6.07) is 0.0801. The Morgan fingerprint density at radius 2 is 2.07 bits per heavy atom. The molecule has 1 fully saturated rings. The van der Waals surface area contributed by atoms with Crippen LogP contribution in [0.25, 0.3) is 0 Å². The van der Waals surface area contributed by atoms with E-state index in [2.05, 4.69) is 19.9 Å². The van der Waals surface area contributed by atoms with E-state index in [9.17, 15) is 4.79 Å². The highest BCUT2D eigenvalue weighted by molar-refractivity contribution is 7.99. The quantitative estimate of drug-likeness (QED) is 0.781. The molecule has 8 heteroatoms. The Morgan fingerprint density at radius 1 is 1.19 bits per heavy atom. The molecule has 0 aliphatic carbocycles. The lowest BCUT2D eigenvalue weighted by Crippen LogP contribution is -2.33. The van der Waals surface area contributed by atoms with Crippen LogP contribution in [0.1, 0.15) is 66.8 Å². The average Bonchev–Trinajstić information content (AvgIpc) is 3.32. The maximum absolute atomic E-state index is 12.9. The molecular weight excluding hydrogens is 362 g/mol. The molecule has 0 radical (unpaired) electrons. The number of carbonyl (C=O) groups excluding carboxylic acids is 1. The fourth-order valence-electron chi connectivity index (χ4n) is 4.12. The lowest BCUT2D eigenvalue weighted by molar-refractivity contribution is -0.129. The van der Waals surface area contributed by atoms with Crippen molar-refractivity contribution in [1.29, 1.82) is 0 Å². The van der Waals surface area contributed by atoms with Crippen LogP contribution in [0.5, 0.6) is 0 Å². The maximum Gasteiger partial charge on any atom is 0.233 e. The number of thioether (sulfide) groups is 1. The molecule has 1 saturated heterocycles. The largest absolute Gasteiger partial charge is 0.361 e. The monoisotopic (exact) mass is 389 g/mol. The topological polar surface area (TPSA) is 77.1 Å². The van der Waals surface area contributed by atoms with Gasteiger partial charge < -0.3 is 14.0 Å². The second kappa shape index (κ2) is 8.04. The van der Waals surface area contributed by atoms with Crippen LogP contribution in [-0.4, -0.2) is 43.0 Å². The maximum atomic E-state index is 12.9. The first-order valence-electron chi connectivity index (χ1n) is 9.86. The van der Waals surface area contributed by atoms with Crippen LogP contribution in [0.3, 0.4) is 0 Å². The second-order valence-electron chi connectivity index (χ2n) is 7.48. The SMILES string of the molecule is Cc1noc(C)c1CSCC(=O)N1CCC[C@@H]1c1nnc2n1CCCCC2. The van der Waals surface area contributed by atoms with Gasteiger partial charge in [0.2, 0.25) is 5.91 Å². The van der Waals surface area contributed by atoms with Gasteiger partial charge in [-0.15, -0.1) is 22.0 Å². The normalized spacial score (nSPS) is 19.9. The van der Waals surface area contributed by atoms with Gasteiger partial charge in [-0.3, -0.25) is 4.79 Å². The summed E-state index contributed by atoms with van der Waals surface area (Å²) in [6.45, 7) is 5.67. The van der Waals surface area contributed by atoms with Gasteiger partial charge in [0.05, 0.1) is 17.5 Å². The van der Waals surface area contributed by atoms with Gasteiger partial charge in [-0.1, -0.05) is 11.6 Å². The molecule has 0 aromatic carbocycles. The smallest absolute Gasteiger partial charge is 0.233 e. The molecule has 7 nitrogen and oxygen atoms in total. The minimum absolute atomic E-state index is 0.0801. The van der Waals surface area contributed by atoms with Gasteiger partial charge in [0.15, 0.2) is 5.82 Å². The molecule has 2 aliphatic heterocycles. The van der Waals surface area contributed by atoms with Crippen molar-refractivity contribution >= 4 is 17.7 Å². The van der Waals surface area contributed by atoms with Gasteiger partial charge in [0.1, 0.15) is 11.6 Å². The van der Waals surface area contributed by atoms with Crippen molar-refractivity contribution in [2.45, 2.75) is 70.7 Å². The molecule has 0 bridgehead atoms. The van der Waals surface area contributed by atoms with Crippen molar-refractivity contribution in [3.05, 3.63) is 28.7 Å². The summed E-state index contributed by atoms with van der Waals surface area (Å²) in [5, 5.41) is 12.9. The summed E-state index contributed by atoms with van der Waals surface area (Å²) in [6.07, 6.45) is 6.62. The first kappa shape index (κ1) is 18.5. The first-order valence-corrected chi connectivity index (χ1v) is 11.0. The number of aromatic nitrogens is 4. The first-order chi connectivity index (χ1) is 13.1. The van der Waals surface area contributed by atoms with Crippen LogP contribution in [0, 0.1) is 13.8 Å². The number of hydrogen-bond acceptors (Lipinski definition) is 6. The minimum Gasteiger partial charge on any atom is -0.361 e. The van der Waals surface area contributed by atoms with E-state index in [0.717, 1.165) is 66.8 Å². The molecule has 0 saturated carbocycles. The highest BCUT2D eigenvalue weighted by Crippen LogP contribution is 2.33. The Balaban J connectivity index is 1.41. The summed E-state index contributed by atoms with van der Waals surface area (Å²) < 4.78 is 7.48. The molecule has 0 N–H and O–H groups in total. The number of likely N-dealkylation sites (tertiary alicyclic amines) is 1. The zero-order chi connectivity index (χ0) is 18.8. The van der Waals surface area contributed by atoms with Crippen molar-refractivity contribution in [2.24, 2.45) is 0 Å². The van der Waals surface area contributed by atoms with Crippen LogP contribution in [0.2, 0.25) is 0 Å². The zero-order valence-electron chi connectivity index (χ0n) is 16.1. The Kier molecular flexibility index (Phi) is 5.52. The van der Waals surface area contributed by atoms with E-state index in [1.807, 2.05) is 18.7 Å². The summed E-state index contributed by atoms with van der Waals surface area (Å²) in [5.41, 5.74) is 2.02. The van der Waals surface area contributed by atoms with Crippen molar-refractivity contribution in [2.75, 3.05) is 12.3 Å². The van der Waals surface area contributed by atoms with Crippen LogP contribution in [-0.2, 0) is 23.5 Å². The van der Waals surface area contributed by atoms with Gasteiger partial charge in [-0.2, -0.15) is 0 Å². The molecule has 2 aliphatic rings. The van der Waals surface area contributed by atoms with Gasteiger partial charge >= 0.3 is 0 Å². The molecule has 0 spiro atoms.